The Hall–Kier alpha value is -0.260. The molecule has 1 heterocycles. The summed E-state index contributed by atoms with van der Waals surface area (Å²) in [6, 6.07) is 0.519. The average Bonchev–Trinajstić information content (AvgIpc) is 2.27. The van der Waals surface area contributed by atoms with E-state index in [0.29, 0.717) is 12.6 Å². The van der Waals surface area contributed by atoms with Gasteiger partial charge in [0.1, 0.15) is 0 Å². The number of hydrogen-bond acceptors (Lipinski definition) is 3. The Balaban J connectivity index is 2.45. The van der Waals surface area contributed by atoms with Gasteiger partial charge >= 0.3 is 0 Å². The Morgan fingerprint density at radius 1 is 1.31 bits per heavy atom. The zero-order chi connectivity index (χ0) is 12.2. The van der Waals surface area contributed by atoms with E-state index in [1.165, 1.54) is 0 Å². The van der Waals surface area contributed by atoms with Gasteiger partial charge in [0, 0.05) is 31.2 Å². The van der Waals surface area contributed by atoms with Gasteiger partial charge in [0.25, 0.3) is 6.43 Å². The third kappa shape index (κ3) is 3.64. The number of halogens is 2. The smallest absolute Gasteiger partial charge is 0.250 e. The van der Waals surface area contributed by atoms with Crippen LogP contribution in [0.4, 0.5) is 8.78 Å². The molecule has 0 amide bonds. The van der Waals surface area contributed by atoms with E-state index in [-0.39, 0.29) is 12.1 Å². The molecule has 1 aliphatic rings. The standard InChI is InChI=1S/C11H23F2N3/c1-9(2)16-5-3-11(8-14,4-6-16)15-7-10(12)13/h9-10,15H,3-8,14H2,1-2H3. The maximum absolute atomic E-state index is 12.2. The van der Waals surface area contributed by atoms with Crippen LogP contribution in [0.15, 0.2) is 0 Å². The topological polar surface area (TPSA) is 41.3 Å². The van der Waals surface area contributed by atoms with Crippen molar-refractivity contribution < 1.29 is 8.78 Å². The van der Waals surface area contributed by atoms with Crippen LogP contribution in [0, 0.1) is 0 Å². The lowest BCUT2D eigenvalue weighted by Crippen LogP contribution is -2.59. The minimum atomic E-state index is -2.30. The van der Waals surface area contributed by atoms with Crippen LogP contribution in [0.25, 0.3) is 0 Å². The molecule has 0 atom stereocenters. The van der Waals surface area contributed by atoms with E-state index in [1.807, 2.05) is 0 Å². The molecule has 0 radical (unpaired) electrons. The number of nitrogens with one attached hydrogen (secondary N) is 1. The summed E-state index contributed by atoms with van der Waals surface area (Å²) in [5.74, 6) is 0. The van der Waals surface area contributed by atoms with Crippen molar-refractivity contribution in [3.05, 3.63) is 0 Å². The summed E-state index contributed by atoms with van der Waals surface area (Å²) in [6.45, 7) is 6.37. The van der Waals surface area contributed by atoms with Crippen LogP contribution in [0.3, 0.4) is 0 Å². The highest BCUT2D eigenvalue weighted by Gasteiger charge is 2.33. The summed E-state index contributed by atoms with van der Waals surface area (Å²) < 4.78 is 24.4. The molecule has 1 aliphatic heterocycles. The first-order valence-electron chi connectivity index (χ1n) is 5.96. The van der Waals surface area contributed by atoms with Crippen LogP contribution in [0.1, 0.15) is 26.7 Å². The minimum absolute atomic E-state index is 0.251. The monoisotopic (exact) mass is 235 g/mol. The van der Waals surface area contributed by atoms with Crippen molar-refractivity contribution in [2.24, 2.45) is 5.73 Å². The molecular formula is C11H23F2N3. The number of piperidine rings is 1. The van der Waals surface area contributed by atoms with Crippen molar-refractivity contribution >= 4 is 0 Å². The molecule has 96 valence electrons. The van der Waals surface area contributed by atoms with Gasteiger partial charge in [-0.25, -0.2) is 8.78 Å². The van der Waals surface area contributed by atoms with Gasteiger partial charge in [-0.1, -0.05) is 0 Å². The summed E-state index contributed by atoms with van der Waals surface area (Å²) in [6.07, 6.45) is -0.588. The van der Waals surface area contributed by atoms with E-state index in [1.54, 1.807) is 0 Å². The van der Waals surface area contributed by atoms with Crippen molar-refractivity contribution in [2.75, 3.05) is 26.2 Å². The lowest BCUT2D eigenvalue weighted by molar-refractivity contribution is 0.0863. The van der Waals surface area contributed by atoms with Gasteiger partial charge in [-0.05, 0) is 26.7 Å². The third-order valence-electron chi connectivity index (χ3n) is 3.51. The Morgan fingerprint density at radius 3 is 2.25 bits per heavy atom. The fourth-order valence-electron chi connectivity index (χ4n) is 2.22. The van der Waals surface area contributed by atoms with E-state index in [4.69, 9.17) is 5.73 Å². The predicted molar refractivity (Wildman–Crippen MR) is 61.7 cm³/mol. The lowest BCUT2D eigenvalue weighted by Gasteiger charge is -2.43. The fraction of sp³-hybridized carbons (Fsp3) is 1.00. The van der Waals surface area contributed by atoms with Crippen LogP contribution in [0.5, 0.6) is 0 Å². The van der Waals surface area contributed by atoms with E-state index in [2.05, 4.69) is 24.1 Å². The molecule has 0 aliphatic carbocycles. The van der Waals surface area contributed by atoms with Crippen LogP contribution >= 0.6 is 0 Å². The van der Waals surface area contributed by atoms with Gasteiger partial charge in [-0.3, -0.25) is 0 Å². The number of nitrogens with two attached hydrogens (primary N) is 1. The highest BCUT2D eigenvalue weighted by Crippen LogP contribution is 2.22. The minimum Gasteiger partial charge on any atom is -0.329 e. The summed E-state index contributed by atoms with van der Waals surface area (Å²) in [5.41, 5.74) is 5.44. The molecule has 1 fully saturated rings. The predicted octanol–water partition coefficient (Wildman–Crippen LogP) is 1.04. The number of nitrogens with zero attached hydrogens (tertiary/aromatic N) is 1. The molecule has 1 rings (SSSR count). The molecular weight excluding hydrogens is 212 g/mol. The van der Waals surface area contributed by atoms with Gasteiger partial charge in [-0.2, -0.15) is 0 Å². The van der Waals surface area contributed by atoms with E-state index in [0.717, 1.165) is 25.9 Å². The van der Waals surface area contributed by atoms with Gasteiger partial charge in [0.05, 0.1) is 6.54 Å². The number of likely N-dealkylation sites (tertiary alicyclic amines) is 1. The SMILES string of the molecule is CC(C)N1CCC(CN)(NCC(F)F)CC1. The first kappa shape index (κ1) is 13.8. The maximum Gasteiger partial charge on any atom is 0.250 e. The summed E-state index contributed by atoms with van der Waals surface area (Å²) in [7, 11) is 0. The summed E-state index contributed by atoms with van der Waals surface area (Å²) >= 11 is 0. The average molecular weight is 235 g/mol. The Labute approximate surface area is 96.4 Å². The Bertz CT molecular complexity index is 201. The van der Waals surface area contributed by atoms with Crippen molar-refractivity contribution in [3.63, 3.8) is 0 Å². The van der Waals surface area contributed by atoms with Crippen molar-refractivity contribution in [1.29, 1.82) is 0 Å². The first-order valence-corrected chi connectivity index (χ1v) is 5.96. The first-order chi connectivity index (χ1) is 7.49. The number of hydrogen-bond donors (Lipinski definition) is 2. The molecule has 0 spiro atoms. The fourth-order valence-corrected chi connectivity index (χ4v) is 2.22. The molecule has 0 saturated carbocycles. The van der Waals surface area contributed by atoms with E-state index < -0.39 is 6.43 Å². The molecule has 0 unspecified atom stereocenters. The third-order valence-corrected chi connectivity index (χ3v) is 3.51. The van der Waals surface area contributed by atoms with E-state index in [9.17, 15) is 8.78 Å². The highest BCUT2D eigenvalue weighted by atomic mass is 19.3. The van der Waals surface area contributed by atoms with Crippen LogP contribution in [-0.2, 0) is 0 Å². The van der Waals surface area contributed by atoms with Crippen LogP contribution in [0.2, 0.25) is 0 Å². The van der Waals surface area contributed by atoms with Crippen molar-refractivity contribution in [2.45, 2.75) is 44.7 Å². The van der Waals surface area contributed by atoms with Gasteiger partial charge < -0.3 is 16.0 Å². The molecule has 3 nitrogen and oxygen atoms in total. The molecule has 0 bridgehead atoms. The Morgan fingerprint density at radius 2 is 1.88 bits per heavy atom. The molecule has 0 aromatic rings. The summed E-state index contributed by atoms with van der Waals surface area (Å²) in [5, 5.41) is 2.94. The van der Waals surface area contributed by atoms with Gasteiger partial charge in [0.15, 0.2) is 0 Å². The molecule has 5 heteroatoms. The summed E-state index contributed by atoms with van der Waals surface area (Å²) in [4.78, 5) is 2.36. The van der Waals surface area contributed by atoms with Crippen molar-refractivity contribution in [3.8, 4) is 0 Å². The van der Waals surface area contributed by atoms with E-state index >= 15 is 0 Å². The van der Waals surface area contributed by atoms with Crippen LogP contribution < -0.4 is 11.1 Å². The lowest BCUT2D eigenvalue weighted by atomic mass is 9.87. The van der Waals surface area contributed by atoms with Gasteiger partial charge in [0.2, 0.25) is 0 Å². The zero-order valence-electron chi connectivity index (χ0n) is 10.2. The number of rotatable bonds is 5. The van der Waals surface area contributed by atoms with Crippen molar-refractivity contribution in [1.82, 2.24) is 10.2 Å². The second-order valence-corrected chi connectivity index (χ2v) is 4.89. The molecule has 3 N–H and O–H groups in total. The second-order valence-electron chi connectivity index (χ2n) is 4.89. The molecule has 16 heavy (non-hydrogen) atoms. The zero-order valence-corrected chi connectivity index (χ0v) is 10.2. The van der Waals surface area contributed by atoms with Gasteiger partial charge in [-0.15, -0.1) is 0 Å². The normalized spacial score (nSPS) is 21.9. The highest BCUT2D eigenvalue weighted by molar-refractivity contribution is 4.94. The van der Waals surface area contributed by atoms with Crippen LogP contribution in [-0.4, -0.2) is 49.1 Å². The quantitative estimate of drug-likeness (QED) is 0.748. The molecule has 0 aromatic heterocycles. The largest absolute Gasteiger partial charge is 0.329 e. The second kappa shape index (κ2) is 5.89. The maximum atomic E-state index is 12.2. The Kier molecular flexibility index (Phi) is 5.08. The number of alkyl halides is 2. The molecule has 0 aromatic carbocycles. The molecule has 1 saturated heterocycles.